The van der Waals surface area contributed by atoms with E-state index < -0.39 is 0 Å². The van der Waals surface area contributed by atoms with Crippen LogP contribution in [0.5, 0.6) is 5.75 Å². The Bertz CT molecular complexity index is 1350. The number of nitrogens with zero attached hydrogens (tertiary/aromatic N) is 3. The number of fused-ring (bicyclic) bond motifs is 1. The van der Waals surface area contributed by atoms with E-state index in [1.807, 2.05) is 59.5 Å². The maximum Gasteiger partial charge on any atom is 0.246 e. The lowest BCUT2D eigenvalue weighted by Gasteiger charge is -2.19. The quantitative estimate of drug-likeness (QED) is 0.486. The van der Waals surface area contributed by atoms with Crippen molar-refractivity contribution in [3.8, 4) is 5.75 Å². The number of ether oxygens (including phenoxy) is 1. The maximum atomic E-state index is 13.0. The number of hydrogen-bond donors (Lipinski definition) is 1. The van der Waals surface area contributed by atoms with E-state index >= 15 is 0 Å². The van der Waals surface area contributed by atoms with Gasteiger partial charge in [0.05, 0.1) is 13.7 Å². The monoisotopic (exact) mass is 508 g/mol. The minimum atomic E-state index is -0.0899. The molecule has 0 unspecified atom stereocenters. The van der Waals surface area contributed by atoms with Gasteiger partial charge in [0.2, 0.25) is 11.8 Å². The predicted octanol–water partition coefficient (Wildman–Crippen LogP) is 4.76. The molecule has 194 valence electrons. The highest BCUT2D eigenvalue weighted by molar-refractivity contribution is 5.93. The molecule has 0 saturated carbocycles. The lowest BCUT2D eigenvalue weighted by molar-refractivity contribution is -0.125. The Labute approximate surface area is 223 Å². The number of nitrogens with one attached hydrogen (secondary N) is 1. The average molecular weight is 509 g/mol. The molecule has 0 aliphatic carbocycles. The van der Waals surface area contributed by atoms with E-state index in [2.05, 4.69) is 33.4 Å². The lowest BCUT2D eigenvalue weighted by Crippen LogP contribution is -2.30. The number of carbonyl (C=O) groups is 2. The van der Waals surface area contributed by atoms with Gasteiger partial charge in [-0.3, -0.25) is 14.5 Å². The molecule has 38 heavy (non-hydrogen) atoms. The number of benzene rings is 2. The van der Waals surface area contributed by atoms with E-state index in [9.17, 15) is 9.59 Å². The smallest absolute Gasteiger partial charge is 0.246 e. The van der Waals surface area contributed by atoms with Crippen molar-refractivity contribution in [1.29, 1.82) is 0 Å². The zero-order valence-corrected chi connectivity index (χ0v) is 21.6. The van der Waals surface area contributed by atoms with Gasteiger partial charge in [-0.25, -0.2) is 4.98 Å². The molecule has 2 aliphatic rings. The molecule has 0 bridgehead atoms. The zero-order valence-electron chi connectivity index (χ0n) is 21.6. The zero-order chi connectivity index (χ0) is 26.3. The molecule has 2 aromatic carbocycles. The van der Waals surface area contributed by atoms with Crippen molar-refractivity contribution in [3.05, 3.63) is 101 Å². The van der Waals surface area contributed by atoms with E-state index in [0.29, 0.717) is 32.0 Å². The van der Waals surface area contributed by atoms with Gasteiger partial charge in [-0.2, -0.15) is 0 Å². The number of rotatable bonds is 6. The highest BCUT2D eigenvalue weighted by Crippen LogP contribution is 2.24. The van der Waals surface area contributed by atoms with Crippen molar-refractivity contribution in [1.82, 2.24) is 14.8 Å². The molecule has 7 nitrogen and oxygen atoms in total. The van der Waals surface area contributed by atoms with Crippen LogP contribution in [-0.2, 0) is 22.7 Å². The van der Waals surface area contributed by atoms with Crippen LogP contribution in [0, 0.1) is 0 Å². The molecule has 0 radical (unpaired) electrons. The first-order chi connectivity index (χ1) is 18.6. The summed E-state index contributed by atoms with van der Waals surface area (Å²) >= 11 is 0. The highest BCUT2D eigenvalue weighted by Gasteiger charge is 2.21. The molecule has 0 fully saturated rings. The van der Waals surface area contributed by atoms with Gasteiger partial charge in [0.15, 0.2) is 0 Å². The third kappa shape index (κ3) is 6.36. The number of methoxy groups -OCH3 is 1. The molecule has 3 heterocycles. The SMILES string of the molecule is COc1ccc(CN2CC(=O)Nc3ncc(C=CC(=O)N4CCC=C(c5ccccc5)CC4)cc3C2)cc1. The van der Waals surface area contributed by atoms with Gasteiger partial charge in [0, 0.05) is 44.0 Å². The Hall–Kier alpha value is -4.23. The summed E-state index contributed by atoms with van der Waals surface area (Å²) in [5.74, 6) is 1.28. The summed E-state index contributed by atoms with van der Waals surface area (Å²) in [6.45, 7) is 2.87. The second-order valence-electron chi connectivity index (χ2n) is 9.61. The van der Waals surface area contributed by atoms with Gasteiger partial charge in [-0.1, -0.05) is 48.5 Å². The third-order valence-corrected chi connectivity index (χ3v) is 6.89. The first-order valence-electron chi connectivity index (χ1n) is 12.9. The van der Waals surface area contributed by atoms with Crippen LogP contribution in [0.1, 0.15) is 35.1 Å². The second-order valence-corrected chi connectivity index (χ2v) is 9.61. The Morgan fingerprint density at radius 3 is 2.68 bits per heavy atom. The summed E-state index contributed by atoms with van der Waals surface area (Å²) in [7, 11) is 1.64. The van der Waals surface area contributed by atoms with Gasteiger partial charge >= 0.3 is 0 Å². The molecule has 5 rings (SSSR count). The first kappa shape index (κ1) is 25.4. The van der Waals surface area contributed by atoms with Crippen LogP contribution in [-0.4, -0.2) is 53.3 Å². The van der Waals surface area contributed by atoms with Gasteiger partial charge in [0.1, 0.15) is 11.6 Å². The largest absolute Gasteiger partial charge is 0.497 e. The number of anilines is 1. The fraction of sp³-hybridized carbons (Fsp3) is 0.258. The van der Waals surface area contributed by atoms with Gasteiger partial charge in [-0.05, 0) is 59.4 Å². The average Bonchev–Trinajstić information content (AvgIpc) is 3.28. The van der Waals surface area contributed by atoms with Crippen LogP contribution in [0.4, 0.5) is 5.82 Å². The number of hydrogen-bond acceptors (Lipinski definition) is 5. The summed E-state index contributed by atoms with van der Waals surface area (Å²) in [4.78, 5) is 33.9. The van der Waals surface area contributed by atoms with Crippen molar-refractivity contribution in [2.24, 2.45) is 0 Å². The minimum absolute atomic E-state index is 0.00269. The molecular weight excluding hydrogens is 476 g/mol. The normalized spacial score (nSPS) is 16.3. The highest BCUT2D eigenvalue weighted by atomic mass is 16.5. The van der Waals surface area contributed by atoms with Gasteiger partial charge in [-0.15, -0.1) is 0 Å². The van der Waals surface area contributed by atoms with Crippen LogP contribution in [0.15, 0.2) is 79.0 Å². The van der Waals surface area contributed by atoms with Crippen molar-refractivity contribution in [2.45, 2.75) is 25.9 Å². The van der Waals surface area contributed by atoms with Gasteiger partial charge < -0.3 is 15.0 Å². The van der Waals surface area contributed by atoms with Crippen LogP contribution >= 0.6 is 0 Å². The molecule has 0 saturated heterocycles. The number of carbonyl (C=O) groups excluding carboxylic acids is 2. The molecule has 0 atom stereocenters. The molecule has 1 aromatic heterocycles. The Morgan fingerprint density at radius 2 is 1.89 bits per heavy atom. The van der Waals surface area contributed by atoms with Crippen LogP contribution in [0.3, 0.4) is 0 Å². The van der Waals surface area contributed by atoms with Crippen molar-refractivity contribution in [2.75, 3.05) is 32.1 Å². The lowest BCUT2D eigenvalue weighted by atomic mass is 10.0. The van der Waals surface area contributed by atoms with Crippen molar-refractivity contribution < 1.29 is 14.3 Å². The molecule has 2 aliphatic heterocycles. The third-order valence-electron chi connectivity index (χ3n) is 6.89. The molecule has 1 N–H and O–H groups in total. The molecule has 2 amide bonds. The van der Waals surface area contributed by atoms with Crippen molar-refractivity contribution >= 4 is 29.3 Å². The van der Waals surface area contributed by atoms with E-state index in [4.69, 9.17) is 4.74 Å². The number of aromatic nitrogens is 1. The summed E-state index contributed by atoms with van der Waals surface area (Å²) < 4.78 is 5.24. The summed E-state index contributed by atoms with van der Waals surface area (Å²) in [6, 6.07) is 20.2. The van der Waals surface area contributed by atoms with E-state index in [1.165, 1.54) is 11.1 Å². The van der Waals surface area contributed by atoms with E-state index in [1.54, 1.807) is 19.4 Å². The van der Waals surface area contributed by atoms with Gasteiger partial charge in [0.25, 0.3) is 0 Å². The van der Waals surface area contributed by atoms with E-state index in [-0.39, 0.29) is 18.4 Å². The second kappa shape index (κ2) is 11.9. The minimum Gasteiger partial charge on any atom is -0.497 e. The molecule has 7 heteroatoms. The number of pyridine rings is 1. The van der Waals surface area contributed by atoms with Crippen molar-refractivity contribution in [3.63, 3.8) is 0 Å². The number of amides is 2. The molecule has 3 aromatic rings. The standard InChI is InChI=1S/C31H32N4O3/c1-38-28-12-9-23(10-13-28)20-34-21-27-18-24(19-32-31(27)33-29(36)22-34)11-14-30(37)35-16-5-8-26(15-17-35)25-6-3-2-4-7-25/h2-4,6-14,18-19H,5,15-17,20-22H2,1H3,(H,32,33,36). The topological polar surface area (TPSA) is 74.8 Å². The molecular formula is C31H32N4O3. The summed E-state index contributed by atoms with van der Waals surface area (Å²) in [5.41, 5.74) is 5.36. The molecule has 0 spiro atoms. The van der Waals surface area contributed by atoms with E-state index in [0.717, 1.165) is 35.3 Å². The maximum absolute atomic E-state index is 13.0. The summed E-state index contributed by atoms with van der Waals surface area (Å²) in [5, 5.41) is 2.91. The fourth-order valence-electron chi connectivity index (χ4n) is 4.90. The Balaban J connectivity index is 1.23. The van der Waals surface area contributed by atoms with Crippen LogP contribution < -0.4 is 10.1 Å². The van der Waals surface area contributed by atoms with Crippen LogP contribution in [0.2, 0.25) is 0 Å². The summed E-state index contributed by atoms with van der Waals surface area (Å²) in [6.07, 6.45) is 9.06. The Kier molecular flexibility index (Phi) is 7.95. The fourth-order valence-corrected chi connectivity index (χ4v) is 4.90. The predicted molar refractivity (Wildman–Crippen MR) is 149 cm³/mol. The Morgan fingerprint density at radius 1 is 1.08 bits per heavy atom. The van der Waals surface area contributed by atoms with Crippen LogP contribution in [0.25, 0.3) is 11.6 Å². The first-order valence-corrected chi connectivity index (χ1v) is 12.9.